The zero-order chi connectivity index (χ0) is 14.6. The molecule has 0 atom stereocenters. The smallest absolute Gasteiger partial charge is 0.119 e. The summed E-state index contributed by atoms with van der Waals surface area (Å²) in [5, 5.41) is 3.40. The molecular formula is C17H27NO2. The van der Waals surface area contributed by atoms with Gasteiger partial charge in [0, 0.05) is 19.2 Å². The van der Waals surface area contributed by atoms with Crippen molar-refractivity contribution >= 4 is 0 Å². The lowest BCUT2D eigenvalue weighted by Crippen LogP contribution is -2.21. The van der Waals surface area contributed by atoms with Crippen molar-refractivity contribution in [1.29, 1.82) is 0 Å². The minimum Gasteiger partial charge on any atom is -0.491 e. The first kappa shape index (κ1) is 16.7. The van der Waals surface area contributed by atoms with Gasteiger partial charge in [0.1, 0.15) is 12.4 Å². The predicted molar refractivity (Wildman–Crippen MR) is 84.2 cm³/mol. The van der Waals surface area contributed by atoms with Gasteiger partial charge in [-0.2, -0.15) is 0 Å². The molecule has 0 aromatic heterocycles. The molecule has 1 aromatic carbocycles. The van der Waals surface area contributed by atoms with Gasteiger partial charge in [0.2, 0.25) is 0 Å². The van der Waals surface area contributed by atoms with Gasteiger partial charge in [-0.05, 0) is 30.5 Å². The van der Waals surface area contributed by atoms with E-state index < -0.39 is 0 Å². The van der Waals surface area contributed by atoms with E-state index in [0.29, 0.717) is 19.3 Å². The van der Waals surface area contributed by atoms with E-state index in [4.69, 9.17) is 9.47 Å². The maximum absolute atomic E-state index is 5.69. The largest absolute Gasteiger partial charge is 0.491 e. The normalized spacial score (nSPS) is 10.8. The number of rotatable bonds is 11. The summed E-state index contributed by atoms with van der Waals surface area (Å²) in [6, 6.07) is 8.68. The predicted octanol–water partition coefficient (Wildman–Crippen LogP) is 3.55. The molecule has 1 N–H and O–H groups in total. The highest BCUT2D eigenvalue weighted by Crippen LogP contribution is 2.13. The lowest BCUT2D eigenvalue weighted by Gasteiger charge is -2.10. The van der Waals surface area contributed by atoms with E-state index in [2.05, 4.69) is 37.9 Å². The van der Waals surface area contributed by atoms with Crippen LogP contribution >= 0.6 is 0 Å². The molecule has 0 aliphatic heterocycles. The number of hydrogen-bond donors (Lipinski definition) is 1. The fourth-order valence-corrected chi connectivity index (χ4v) is 1.72. The van der Waals surface area contributed by atoms with Gasteiger partial charge < -0.3 is 14.8 Å². The highest BCUT2D eigenvalue weighted by Gasteiger charge is 1.98. The van der Waals surface area contributed by atoms with Crippen LogP contribution in [0.1, 0.15) is 32.3 Å². The standard InChI is InChI=1S/C17H27NO2/c1-4-5-6-10-19-11-12-20-17-9-7-8-16(13-17)14-18-15(2)3/h4,7-9,13,15,18H,1,5-6,10-12,14H2,2-3H3. The molecular weight excluding hydrogens is 250 g/mol. The zero-order valence-electron chi connectivity index (χ0n) is 12.7. The molecule has 0 fully saturated rings. The second-order valence-corrected chi connectivity index (χ2v) is 5.07. The summed E-state index contributed by atoms with van der Waals surface area (Å²) >= 11 is 0. The average molecular weight is 277 g/mol. The molecule has 0 aliphatic rings. The van der Waals surface area contributed by atoms with E-state index in [9.17, 15) is 0 Å². The van der Waals surface area contributed by atoms with Crippen LogP contribution < -0.4 is 10.1 Å². The molecule has 0 amide bonds. The molecule has 1 aromatic rings. The third kappa shape index (κ3) is 7.97. The topological polar surface area (TPSA) is 30.5 Å². The molecule has 0 saturated heterocycles. The molecule has 3 nitrogen and oxygen atoms in total. The summed E-state index contributed by atoms with van der Waals surface area (Å²) in [7, 11) is 0. The Balaban J connectivity index is 2.19. The number of ether oxygens (including phenoxy) is 2. The molecule has 0 bridgehead atoms. The molecule has 0 aliphatic carbocycles. The Morgan fingerprint density at radius 2 is 2.10 bits per heavy atom. The van der Waals surface area contributed by atoms with Crippen molar-refractivity contribution in [3.63, 3.8) is 0 Å². The van der Waals surface area contributed by atoms with Gasteiger partial charge in [0.25, 0.3) is 0 Å². The maximum atomic E-state index is 5.69. The third-order valence-corrected chi connectivity index (χ3v) is 2.81. The lowest BCUT2D eigenvalue weighted by molar-refractivity contribution is 0.0988. The molecule has 0 spiro atoms. The summed E-state index contributed by atoms with van der Waals surface area (Å²) in [6.45, 7) is 10.8. The second kappa shape index (κ2) is 10.5. The first-order valence-electron chi connectivity index (χ1n) is 7.36. The summed E-state index contributed by atoms with van der Waals surface area (Å²) in [6.07, 6.45) is 3.95. The fourth-order valence-electron chi connectivity index (χ4n) is 1.72. The number of benzene rings is 1. The van der Waals surface area contributed by atoms with Crippen molar-refractivity contribution in [1.82, 2.24) is 5.32 Å². The Kier molecular flexibility index (Phi) is 8.76. The van der Waals surface area contributed by atoms with Crippen molar-refractivity contribution in [2.24, 2.45) is 0 Å². The van der Waals surface area contributed by atoms with Gasteiger partial charge in [-0.1, -0.05) is 32.1 Å². The Labute approximate surface area is 123 Å². The molecule has 112 valence electrons. The van der Waals surface area contributed by atoms with E-state index in [1.54, 1.807) is 0 Å². The SMILES string of the molecule is C=CCCCOCCOc1cccc(CNC(C)C)c1. The van der Waals surface area contributed by atoms with Crippen molar-refractivity contribution in [2.75, 3.05) is 19.8 Å². The van der Waals surface area contributed by atoms with Crippen LogP contribution in [0.25, 0.3) is 0 Å². The highest BCUT2D eigenvalue weighted by atomic mass is 16.5. The first-order chi connectivity index (χ1) is 9.72. The number of unbranched alkanes of at least 4 members (excludes halogenated alkanes) is 1. The van der Waals surface area contributed by atoms with Gasteiger partial charge in [-0.3, -0.25) is 0 Å². The molecule has 0 heterocycles. The summed E-state index contributed by atoms with van der Waals surface area (Å²) < 4.78 is 11.2. The maximum Gasteiger partial charge on any atom is 0.119 e. The fraction of sp³-hybridized carbons (Fsp3) is 0.529. The monoisotopic (exact) mass is 277 g/mol. The van der Waals surface area contributed by atoms with Crippen LogP contribution in [0.5, 0.6) is 5.75 Å². The van der Waals surface area contributed by atoms with E-state index in [1.165, 1.54) is 5.56 Å². The molecule has 3 heteroatoms. The zero-order valence-corrected chi connectivity index (χ0v) is 12.7. The Morgan fingerprint density at radius 3 is 2.85 bits per heavy atom. The van der Waals surface area contributed by atoms with E-state index >= 15 is 0 Å². The van der Waals surface area contributed by atoms with Crippen LogP contribution in [0.15, 0.2) is 36.9 Å². The van der Waals surface area contributed by atoms with Gasteiger partial charge in [0.15, 0.2) is 0 Å². The Bertz CT molecular complexity index is 377. The molecule has 1 rings (SSSR count). The minimum absolute atomic E-state index is 0.489. The minimum atomic E-state index is 0.489. The molecule has 20 heavy (non-hydrogen) atoms. The van der Waals surface area contributed by atoms with Crippen LogP contribution in [0, 0.1) is 0 Å². The van der Waals surface area contributed by atoms with Gasteiger partial charge >= 0.3 is 0 Å². The van der Waals surface area contributed by atoms with Crippen LogP contribution in [0.2, 0.25) is 0 Å². The molecule has 0 saturated carbocycles. The quantitative estimate of drug-likeness (QED) is 0.495. The van der Waals surface area contributed by atoms with Crippen molar-refractivity contribution in [3.8, 4) is 5.75 Å². The second-order valence-electron chi connectivity index (χ2n) is 5.07. The van der Waals surface area contributed by atoms with Crippen molar-refractivity contribution in [3.05, 3.63) is 42.5 Å². The first-order valence-corrected chi connectivity index (χ1v) is 7.36. The van der Waals surface area contributed by atoms with Crippen molar-refractivity contribution in [2.45, 2.75) is 39.3 Å². The van der Waals surface area contributed by atoms with Gasteiger partial charge in [-0.25, -0.2) is 0 Å². The van der Waals surface area contributed by atoms with Crippen molar-refractivity contribution < 1.29 is 9.47 Å². The van der Waals surface area contributed by atoms with Crippen LogP contribution in [0.4, 0.5) is 0 Å². The number of nitrogens with one attached hydrogen (secondary N) is 1. The number of hydrogen-bond acceptors (Lipinski definition) is 3. The Morgan fingerprint density at radius 1 is 1.25 bits per heavy atom. The highest BCUT2D eigenvalue weighted by molar-refractivity contribution is 5.28. The van der Waals surface area contributed by atoms with E-state index in [0.717, 1.165) is 31.7 Å². The van der Waals surface area contributed by atoms with Crippen LogP contribution in [-0.4, -0.2) is 25.9 Å². The van der Waals surface area contributed by atoms with E-state index in [-0.39, 0.29) is 0 Å². The van der Waals surface area contributed by atoms with Gasteiger partial charge in [-0.15, -0.1) is 6.58 Å². The summed E-state index contributed by atoms with van der Waals surface area (Å²) in [5.74, 6) is 0.905. The average Bonchev–Trinajstić information content (AvgIpc) is 2.45. The Hall–Kier alpha value is -1.32. The summed E-state index contributed by atoms with van der Waals surface area (Å²) in [5.41, 5.74) is 1.24. The molecule has 0 radical (unpaired) electrons. The third-order valence-electron chi connectivity index (χ3n) is 2.81. The number of allylic oxidation sites excluding steroid dienone is 1. The van der Waals surface area contributed by atoms with Crippen LogP contribution in [-0.2, 0) is 11.3 Å². The van der Waals surface area contributed by atoms with Gasteiger partial charge in [0.05, 0.1) is 6.61 Å². The van der Waals surface area contributed by atoms with E-state index in [1.807, 2.05) is 18.2 Å². The lowest BCUT2D eigenvalue weighted by atomic mass is 10.2. The van der Waals surface area contributed by atoms with Crippen LogP contribution in [0.3, 0.4) is 0 Å². The summed E-state index contributed by atoms with van der Waals surface area (Å²) in [4.78, 5) is 0. The molecule has 0 unspecified atom stereocenters.